The van der Waals surface area contributed by atoms with Crippen molar-refractivity contribution in [3.63, 3.8) is 0 Å². The van der Waals surface area contributed by atoms with Gasteiger partial charge < -0.3 is 10.4 Å². The second kappa shape index (κ2) is 5.04. The highest BCUT2D eigenvalue weighted by molar-refractivity contribution is 5.80. The molecule has 2 atom stereocenters. The van der Waals surface area contributed by atoms with Crippen LogP contribution in [0.3, 0.4) is 0 Å². The lowest BCUT2D eigenvalue weighted by atomic mass is 10.0. The average Bonchev–Trinajstić information content (AvgIpc) is 2.37. The van der Waals surface area contributed by atoms with E-state index in [0.29, 0.717) is 5.82 Å². The van der Waals surface area contributed by atoms with Crippen LogP contribution >= 0.6 is 0 Å². The highest BCUT2D eigenvalue weighted by Crippen LogP contribution is 2.16. The van der Waals surface area contributed by atoms with Crippen LogP contribution in [0.5, 0.6) is 0 Å². The first-order valence-electron chi connectivity index (χ1n) is 5.93. The number of anilines is 1. The topological polar surface area (TPSA) is 62.2 Å². The van der Waals surface area contributed by atoms with Crippen LogP contribution in [-0.4, -0.2) is 22.1 Å². The number of pyridine rings is 1. The first-order chi connectivity index (χ1) is 8.58. The Labute approximate surface area is 106 Å². The van der Waals surface area contributed by atoms with Crippen molar-refractivity contribution >= 4 is 22.7 Å². The van der Waals surface area contributed by atoms with E-state index in [2.05, 4.69) is 10.3 Å². The van der Waals surface area contributed by atoms with Crippen molar-refractivity contribution in [2.75, 3.05) is 5.32 Å². The van der Waals surface area contributed by atoms with E-state index in [1.165, 1.54) is 0 Å². The average molecular weight is 244 g/mol. The van der Waals surface area contributed by atoms with Gasteiger partial charge in [-0.05, 0) is 32.0 Å². The summed E-state index contributed by atoms with van der Waals surface area (Å²) in [4.78, 5) is 15.3. The number of aliphatic carboxylic acids is 1. The normalized spacial score (nSPS) is 14.1. The number of nitrogens with zero attached hydrogens (tertiary/aromatic N) is 1. The molecule has 2 aromatic rings. The fourth-order valence-corrected chi connectivity index (χ4v) is 1.72. The lowest BCUT2D eigenvalue weighted by Gasteiger charge is -2.18. The highest BCUT2D eigenvalue weighted by atomic mass is 16.4. The van der Waals surface area contributed by atoms with E-state index in [0.717, 1.165) is 10.9 Å². The Morgan fingerprint density at radius 1 is 1.22 bits per heavy atom. The number of para-hydroxylation sites is 1. The number of nitrogens with one attached hydrogen (secondary N) is 1. The summed E-state index contributed by atoms with van der Waals surface area (Å²) >= 11 is 0. The Bertz CT molecular complexity index is 568. The van der Waals surface area contributed by atoms with Crippen LogP contribution in [0.1, 0.15) is 13.8 Å². The number of fused-ring (bicyclic) bond motifs is 1. The molecule has 2 rings (SSSR count). The molecular weight excluding hydrogens is 228 g/mol. The van der Waals surface area contributed by atoms with Crippen LogP contribution in [0.2, 0.25) is 0 Å². The third-order valence-electron chi connectivity index (χ3n) is 3.11. The summed E-state index contributed by atoms with van der Waals surface area (Å²) in [7, 11) is 0. The van der Waals surface area contributed by atoms with Crippen LogP contribution in [0.15, 0.2) is 36.4 Å². The van der Waals surface area contributed by atoms with Crippen LogP contribution in [0, 0.1) is 5.92 Å². The molecule has 2 N–H and O–H groups in total. The van der Waals surface area contributed by atoms with Gasteiger partial charge in [-0.15, -0.1) is 0 Å². The molecule has 1 heterocycles. The third kappa shape index (κ3) is 2.59. The summed E-state index contributed by atoms with van der Waals surface area (Å²) in [6, 6.07) is 11.5. The summed E-state index contributed by atoms with van der Waals surface area (Å²) in [5, 5.41) is 13.1. The van der Waals surface area contributed by atoms with Gasteiger partial charge in [0, 0.05) is 11.4 Å². The molecule has 0 saturated carbocycles. The largest absolute Gasteiger partial charge is 0.481 e. The van der Waals surface area contributed by atoms with Crippen LogP contribution in [-0.2, 0) is 4.79 Å². The van der Waals surface area contributed by atoms with E-state index < -0.39 is 11.9 Å². The zero-order valence-corrected chi connectivity index (χ0v) is 10.4. The second-order valence-electron chi connectivity index (χ2n) is 4.45. The van der Waals surface area contributed by atoms with E-state index in [4.69, 9.17) is 5.11 Å². The van der Waals surface area contributed by atoms with Gasteiger partial charge in [-0.25, -0.2) is 4.98 Å². The zero-order chi connectivity index (χ0) is 13.1. The number of carboxylic acid groups (broad SMARTS) is 1. The molecule has 0 radical (unpaired) electrons. The molecule has 0 saturated heterocycles. The predicted octanol–water partition coefficient (Wildman–Crippen LogP) is 2.76. The summed E-state index contributed by atoms with van der Waals surface area (Å²) in [5.41, 5.74) is 0.901. The van der Waals surface area contributed by atoms with Crippen molar-refractivity contribution in [1.82, 2.24) is 4.98 Å². The predicted molar refractivity (Wildman–Crippen MR) is 71.6 cm³/mol. The minimum absolute atomic E-state index is 0.170. The van der Waals surface area contributed by atoms with Gasteiger partial charge in [-0.1, -0.05) is 18.2 Å². The molecule has 1 aromatic heterocycles. The van der Waals surface area contributed by atoms with Crippen molar-refractivity contribution in [3.8, 4) is 0 Å². The number of carboxylic acids is 1. The molecule has 0 aliphatic rings. The lowest BCUT2D eigenvalue weighted by Crippen LogP contribution is -2.30. The summed E-state index contributed by atoms with van der Waals surface area (Å²) < 4.78 is 0. The Kier molecular flexibility index (Phi) is 3.46. The maximum absolute atomic E-state index is 10.9. The molecule has 0 fully saturated rings. The molecule has 2 unspecified atom stereocenters. The van der Waals surface area contributed by atoms with Gasteiger partial charge >= 0.3 is 5.97 Å². The molecule has 0 spiro atoms. The van der Waals surface area contributed by atoms with E-state index in [1.807, 2.05) is 43.3 Å². The van der Waals surface area contributed by atoms with E-state index in [-0.39, 0.29) is 6.04 Å². The first kappa shape index (κ1) is 12.4. The summed E-state index contributed by atoms with van der Waals surface area (Å²) in [5.74, 6) is -0.566. The molecule has 1 aromatic carbocycles. The van der Waals surface area contributed by atoms with Gasteiger partial charge in [-0.2, -0.15) is 0 Å². The van der Waals surface area contributed by atoms with Gasteiger partial charge in [0.2, 0.25) is 0 Å². The number of hydrogen-bond acceptors (Lipinski definition) is 3. The first-order valence-corrected chi connectivity index (χ1v) is 5.93. The molecular formula is C14H16N2O2. The van der Waals surface area contributed by atoms with Crippen molar-refractivity contribution in [1.29, 1.82) is 0 Å². The zero-order valence-electron chi connectivity index (χ0n) is 10.4. The van der Waals surface area contributed by atoms with Crippen molar-refractivity contribution in [2.24, 2.45) is 5.92 Å². The van der Waals surface area contributed by atoms with Crippen molar-refractivity contribution in [2.45, 2.75) is 19.9 Å². The fourth-order valence-electron chi connectivity index (χ4n) is 1.72. The van der Waals surface area contributed by atoms with Gasteiger partial charge in [-0.3, -0.25) is 4.79 Å². The summed E-state index contributed by atoms with van der Waals surface area (Å²) in [6.07, 6.45) is 0. The molecule has 0 bridgehead atoms. The van der Waals surface area contributed by atoms with Gasteiger partial charge in [0.15, 0.2) is 0 Å². The quantitative estimate of drug-likeness (QED) is 0.868. The van der Waals surface area contributed by atoms with Crippen LogP contribution in [0.25, 0.3) is 10.9 Å². The van der Waals surface area contributed by atoms with E-state index in [9.17, 15) is 4.79 Å². The number of aromatic nitrogens is 1. The number of benzene rings is 1. The smallest absolute Gasteiger partial charge is 0.308 e. The molecule has 4 nitrogen and oxygen atoms in total. The Hall–Kier alpha value is -2.10. The number of rotatable bonds is 4. The highest BCUT2D eigenvalue weighted by Gasteiger charge is 2.19. The number of carbonyl (C=O) groups is 1. The van der Waals surface area contributed by atoms with Crippen LogP contribution in [0.4, 0.5) is 5.82 Å². The standard InChI is InChI=1S/C14H16N2O2/c1-9(14(17)18)10(2)15-13-8-7-11-5-3-4-6-12(11)16-13/h3-10H,1-2H3,(H,15,16)(H,17,18). The molecule has 0 aliphatic carbocycles. The molecule has 0 aliphatic heterocycles. The maximum atomic E-state index is 10.9. The Morgan fingerprint density at radius 3 is 2.67 bits per heavy atom. The monoisotopic (exact) mass is 244 g/mol. The third-order valence-corrected chi connectivity index (χ3v) is 3.11. The summed E-state index contributed by atoms with van der Waals surface area (Å²) in [6.45, 7) is 3.52. The molecule has 4 heteroatoms. The van der Waals surface area contributed by atoms with Gasteiger partial charge in [0.1, 0.15) is 5.82 Å². The molecule has 18 heavy (non-hydrogen) atoms. The van der Waals surface area contributed by atoms with Crippen molar-refractivity contribution < 1.29 is 9.90 Å². The Morgan fingerprint density at radius 2 is 1.94 bits per heavy atom. The maximum Gasteiger partial charge on any atom is 0.308 e. The Balaban J connectivity index is 2.19. The van der Waals surface area contributed by atoms with Crippen molar-refractivity contribution in [3.05, 3.63) is 36.4 Å². The lowest BCUT2D eigenvalue weighted by molar-refractivity contribution is -0.141. The van der Waals surface area contributed by atoms with E-state index in [1.54, 1.807) is 6.92 Å². The fraction of sp³-hybridized carbons (Fsp3) is 0.286. The van der Waals surface area contributed by atoms with Gasteiger partial charge in [0.25, 0.3) is 0 Å². The minimum Gasteiger partial charge on any atom is -0.481 e. The SMILES string of the molecule is CC(Nc1ccc2ccccc2n1)C(C)C(=O)O. The second-order valence-corrected chi connectivity index (χ2v) is 4.45. The van der Waals surface area contributed by atoms with E-state index >= 15 is 0 Å². The van der Waals surface area contributed by atoms with Crippen LogP contribution < -0.4 is 5.32 Å². The van der Waals surface area contributed by atoms with Gasteiger partial charge in [0.05, 0.1) is 11.4 Å². The number of hydrogen-bond donors (Lipinski definition) is 2. The molecule has 0 amide bonds. The molecule has 94 valence electrons. The minimum atomic E-state index is -0.809.